The molecule has 0 aliphatic carbocycles. The van der Waals surface area contributed by atoms with Crippen molar-refractivity contribution in [2.24, 2.45) is 0 Å². The van der Waals surface area contributed by atoms with Crippen LogP contribution in [-0.4, -0.2) is 17.3 Å². The second kappa shape index (κ2) is 5.38. The predicted octanol–water partition coefficient (Wildman–Crippen LogP) is 2.72. The van der Waals surface area contributed by atoms with Crippen molar-refractivity contribution in [3.05, 3.63) is 52.5 Å². The van der Waals surface area contributed by atoms with Gasteiger partial charge in [-0.25, -0.2) is 0 Å². The number of aromatic hydroxyl groups is 1. The van der Waals surface area contributed by atoms with E-state index in [1.54, 1.807) is 36.4 Å². The largest absolute Gasteiger partial charge is 0.504 e. The first-order valence-corrected chi connectivity index (χ1v) is 6.01. The van der Waals surface area contributed by atoms with Crippen molar-refractivity contribution >= 4 is 17.3 Å². The summed E-state index contributed by atoms with van der Waals surface area (Å²) in [5.74, 6) is 0.175. The first-order chi connectivity index (χ1) is 9.04. The van der Waals surface area contributed by atoms with Gasteiger partial charge < -0.3 is 20.7 Å². The molecule has 0 aromatic heterocycles. The number of aliphatic hydroxyl groups excluding tert-OH is 1. The van der Waals surface area contributed by atoms with E-state index in [1.807, 2.05) is 0 Å². The van der Waals surface area contributed by atoms with E-state index < -0.39 is 6.10 Å². The molecule has 0 saturated carbocycles. The Labute approximate surface area is 116 Å². The lowest BCUT2D eigenvalue weighted by atomic mass is 9.99. The fraction of sp³-hybridized carbons (Fsp3) is 0.143. The van der Waals surface area contributed by atoms with Crippen molar-refractivity contribution in [3.8, 4) is 11.5 Å². The third-order valence-electron chi connectivity index (χ3n) is 2.89. The third-order valence-corrected chi connectivity index (χ3v) is 3.12. The van der Waals surface area contributed by atoms with Crippen molar-refractivity contribution in [3.63, 3.8) is 0 Å². The van der Waals surface area contributed by atoms with E-state index in [0.29, 0.717) is 21.8 Å². The summed E-state index contributed by atoms with van der Waals surface area (Å²) in [5.41, 5.74) is 6.97. The van der Waals surface area contributed by atoms with Gasteiger partial charge in [-0.15, -0.1) is 0 Å². The van der Waals surface area contributed by atoms with E-state index in [-0.39, 0.29) is 11.5 Å². The fourth-order valence-corrected chi connectivity index (χ4v) is 2.06. The molecule has 0 saturated heterocycles. The summed E-state index contributed by atoms with van der Waals surface area (Å²) in [6.07, 6.45) is -1.08. The van der Waals surface area contributed by atoms with Gasteiger partial charge in [-0.2, -0.15) is 0 Å². The van der Waals surface area contributed by atoms with Gasteiger partial charge in [-0.3, -0.25) is 0 Å². The van der Waals surface area contributed by atoms with Crippen LogP contribution in [0.5, 0.6) is 11.5 Å². The molecule has 1 atom stereocenters. The van der Waals surface area contributed by atoms with Gasteiger partial charge in [-0.1, -0.05) is 23.7 Å². The van der Waals surface area contributed by atoms with Crippen LogP contribution in [0.3, 0.4) is 0 Å². The molecule has 0 heterocycles. The van der Waals surface area contributed by atoms with Crippen LogP contribution in [0.2, 0.25) is 5.02 Å². The number of phenols is 1. The van der Waals surface area contributed by atoms with Crippen LogP contribution in [0, 0.1) is 0 Å². The first-order valence-electron chi connectivity index (χ1n) is 5.63. The Morgan fingerprint density at radius 2 is 1.95 bits per heavy atom. The maximum Gasteiger partial charge on any atom is 0.163 e. The van der Waals surface area contributed by atoms with Gasteiger partial charge in [0.05, 0.1) is 7.11 Å². The van der Waals surface area contributed by atoms with Gasteiger partial charge in [0.2, 0.25) is 0 Å². The molecule has 4 N–H and O–H groups in total. The summed E-state index contributed by atoms with van der Waals surface area (Å²) in [4.78, 5) is 0. The van der Waals surface area contributed by atoms with Gasteiger partial charge in [0, 0.05) is 21.8 Å². The summed E-state index contributed by atoms with van der Waals surface area (Å²) in [7, 11) is 1.44. The monoisotopic (exact) mass is 279 g/mol. The lowest BCUT2D eigenvalue weighted by molar-refractivity contribution is 0.215. The van der Waals surface area contributed by atoms with E-state index in [4.69, 9.17) is 22.1 Å². The molecule has 0 bridgehead atoms. The molecule has 0 fully saturated rings. The number of aliphatic hydroxyl groups is 1. The minimum Gasteiger partial charge on any atom is -0.504 e. The Balaban J connectivity index is 2.50. The summed E-state index contributed by atoms with van der Waals surface area (Å²) in [5, 5.41) is 20.8. The number of halogens is 1. The highest BCUT2D eigenvalue weighted by Crippen LogP contribution is 2.38. The van der Waals surface area contributed by atoms with Crippen molar-refractivity contribution in [1.29, 1.82) is 0 Å². The minimum absolute atomic E-state index is 0.114. The molecule has 0 radical (unpaired) electrons. The lowest BCUT2D eigenvalue weighted by Gasteiger charge is -2.16. The molecule has 4 nitrogen and oxygen atoms in total. The van der Waals surface area contributed by atoms with Crippen molar-refractivity contribution in [2.45, 2.75) is 6.10 Å². The molecular weight excluding hydrogens is 266 g/mol. The second-order valence-corrected chi connectivity index (χ2v) is 4.51. The molecule has 2 aromatic rings. The molecule has 5 heteroatoms. The van der Waals surface area contributed by atoms with Crippen LogP contribution in [0.1, 0.15) is 17.2 Å². The summed E-state index contributed by atoms with van der Waals surface area (Å²) in [6.45, 7) is 0. The Bertz CT molecular complexity index is 601. The maximum absolute atomic E-state index is 10.3. The number of nitrogen functional groups attached to an aromatic ring is 1. The normalized spacial score (nSPS) is 12.2. The smallest absolute Gasteiger partial charge is 0.163 e. The average Bonchev–Trinajstić information content (AvgIpc) is 2.41. The van der Waals surface area contributed by atoms with E-state index in [2.05, 4.69) is 0 Å². The molecule has 0 spiro atoms. The fourth-order valence-electron chi connectivity index (χ4n) is 1.87. The summed E-state index contributed by atoms with van der Waals surface area (Å²) >= 11 is 5.89. The van der Waals surface area contributed by atoms with E-state index in [9.17, 15) is 10.2 Å². The number of para-hydroxylation sites is 1. The summed E-state index contributed by atoms with van der Waals surface area (Å²) in [6, 6.07) is 9.70. The molecule has 2 rings (SSSR count). The van der Waals surface area contributed by atoms with Crippen LogP contribution in [-0.2, 0) is 0 Å². The molecule has 100 valence electrons. The van der Waals surface area contributed by atoms with Crippen LogP contribution in [0.4, 0.5) is 5.69 Å². The number of anilines is 1. The highest BCUT2D eigenvalue weighted by Gasteiger charge is 2.19. The lowest BCUT2D eigenvalue weighted by Crippen LogP contribution is -2.04. The van der Waals surface area contributed by atoms with Gasteiger partial charge in [0.1, 0.15) is 6.10 Å². The zero-order valence-corrected chi connectivity index (χ0v) is 11.1. The zero-order valence-electron chi connectivity index (χ0n) is 10.3. The van der Waals surface area contributed by atoms with Crippen LogP contribution < -0.4 is 10.5 Å². The van der Waals surface area contributed by atoms with E-state index >= 15 is 0 Å². The van der Waals surface area contributed by atoms with Crippen molar-refractivity contribution in [2.75, 3.05) is 12.8 Å². The average molecular weight is 280 g/mol. The zero-order chi connectivity index (χ0) is 14.0. The van der Waals surface area contributed by atoms with E-state index in [1.165, 1.54) is 7.11 Å². The van der Waals surface area contributed by atoms with Crippen LogP contribution >= 0.6 is 11.6 Å². The topological polar surface area (TPSA) is 75.7 Å². The Hall–Kier alpha value is -1.91. The molecule has 0 amide bonds. The number of hydrogen-bond acceptors (Lipinski definition) is 4. The highest BCUT2D eigenvalue weighted by atomic mass is 35.5. The van der Waals surface area contributed by atoms with Gasteiger partial charge >= 0.3 is 0 Å². The van der Waals surface area contributed by atoms with Crippen molar-refractivity contribution in [1.82, 2.24) is 0 Å². The SMILES string of the molecule is COc1cccc(C(O)c2cc(Cl)ccc2N)c1O. The van der Waals surface area contributed by atoms with Crippen LogP contribution in [0.25, 0.3) is 0 Å². The number of rotatable bonds is 3. The second-order valence-electron chi connectivity index (χ2n) is 4.07. The third kappa shape index (κ3) is 2.59. The number of methoxy groups -OCH3 is 1. The standard InChI is InChI=1S/C14H14ClNO3/c1-19-12-4-2-3-9(14(12)18)13(17)10-7-8(15)5-6-11(10)16/h2-7,13,17-18H,16H2,1H3. The maximum atomic E-state index is 10.3. The summed E-state index contributed by atoms with van der Waals surface area (Å²) < 4.78 is 5.01. The first kappa shape index (κ1) is 13.5. The van der Waals surface area contributed by atoms with Gasteiger partial charge in [-0.05, 0) is 24.3 Å². The highest BCUT2D eigenvalue weighted by molar-refractivity contribution is 6.30. The van der Waals surface area contributed by atoms with Crippen molar-refractivity contribution < 1.29 is 14.9 Å². The Morgan fingerprint density at radius 1 is 1.21 bits per heavy atom. The molecular formula is C14H14ClNO3. The quantitative estimate of drug-likeness (QED) is 0.755. The number of phenolic OH excluding ortho intramolecular Hbond substituents is 1. The minimum atomic E-state index is -1.08. The van der Waals surface area contributed by atoms with Gasteiger partial charge in [0.25, 0.3) is 0 Å². The molecule has 19 heavy (non-hydrogen) atoms. The Kier molecular flexibility index (Phi) is 3.83. The Morgan fingerprint density at radius 3 is 2.63 bits per heavy atom. The van der Waals surface area contributed by atoms with Gasteiger partial charge in [0.15, 0.2) is 11.5 Å². The molecule has 1 unspecified atom stereocenters. The van der Waals surface area contributed by atoms with Crippen LogP contribution in [0.15, 0.2) is 36.4 Å². The molecule has 0 aliphatic heterocycles. The number of benzene rings is 2. The number of hydrogen-bond donors (Lipinski definition) is 3. The molecule has 0 aliphatic rings. The molecule has 2 aromatic carbocycles. The van der Waals surface area contributed by atoms with E-state index in [0.717, 1.165) is 0 Å². The number of nitrogens with two attached hydrogens (primary N) is 1. The predicted molar refractivity (Wildman–Crippen MR) is 74.6 cm³/mol. The number of ether oxygens (including phenoxy) is 1.